The van der Waals surface area contributed by atoms with Gasteiger partial charge >= 0.3 is 0 Å². The van der Waals surface area contributed by atoms with Gasteiger partial charge < -0.3 is 0 Å². The molecular weight excluding hydrogens is 498 g/mol. The van der Waals surface area contributed by atoms with E-state index in [9.17, 15) is 0 Å². The highest BCUT2D eigenvalue weighted by Gasteiger charge is 2.10. The maximum absolute atomic E-state index is 6.25. The van der Waals surface area contributed by atoms with Crippen LogP contribution in [0.25, 0.3) is 22.3 Å². The molecule has 4 heteroatoms. The van der Waals surface area contributed by atoms with Crippen LogP contribution in [0.3, 0.4) is 0 Å². The second-order valence-electron chi connectivity index (χ2n) is 9.26. The van der Waals surface area contributed by atoms with Gasteiger partial charge in [0.15, 0.2) is 11.7 Å². The third-order valence-electron chi connectivity index (χ3n) is 6.40. The van der Waals surface area contributed by atoms with Gasteiger partial charge in [0.25, 0.3) is 0 Å². The van der Waals surface area contributed by atoms with Gasteiger partial charge in [-0.3, -0.25) is 4.99 Å². The van der Waals surface area contributed by atoms with Crippen molar-refractivity contribution in [2.45, 2.75) is 13.5 Å². The molecule has 0 saturated heterocycles. The fourth-order valence-electron chi connectivity index (χ4n) is 4.31. The molecule has 0 unspecified atom stereocenters. The topological polar surface area (TPSA) is 37.1 Å². The molecule has 5 aromatic rings. The lowest BCUT2D eigenvalue weighted by Crippen LogP contribution is -2.05. The Morgan fingerprint density at radius 3 is 1.87 bits per heavy atom. The Labute approximate surface area is 234 Å². The Morgan fingerprint density at radius 1 is 0.615 bits per heavy atom. The Balaban J connectivity index is 1.55. The highest BCUT2D eigenvalue weighted by molar-refractivity contribution is 6.30. The van der Waals surface area contributed by atoms with Crippen molar-refractivity contribution in [2.75, 3.05) is 0 Å². The van der Waals surface area contributed by atoms with Gasteiger partial charge in [-0.1, -0.05) is 120 Å². The van der Waals surface area contributed by atoms with Gasteiger partial charge in [0, 0.05) is 16.1 Å². The van der Waals surface area contributed by atoms with Crippen molar-refractivity contribution in [3.05, 3.63) is 155 Å². The zero-order chi connectivity index (χ0) is 27.0. The average Bonchev–Trinajstić information content (AvgIpc) is 2.99. The molecular formula is C35H28ClN3. The first-order valence-electron chi connectivity index (χ1n) is 12.8. The number of rotatable bonds is 6. The molecule has 5 aromatic carbocycles. The number of halogens is 1. The van der Waals surface area contributed by atoms with Crippen LogP contribution in [-0.4, -0.2) is 18.4 Å². The van der Waals surface area contributed by atoms with Crippen molar-refractivity contribution >= 4 is 30.0 Å². The summed E-state index contributed by atoms with van der Waals surface area (Å²) in [5.41, 5.74) is 8.49. The summed E-state index contributed by atoms with van der Waals surface area (Å²) >= 11 is 6.25. The summed E-state index contributed by atoms with van der Waals surface area (Å²) < 4.78 is 0. The molecule has 0 aliphatic carbocycles. The quantitative estimate of drug-likeness (QED) is 0.156. The third kappa shape index (κ3) is 6.64. The van der Waals surface area contributed by atoms with E-state index >= 15 is 0 Å². The van der Waals surface area contributed by atoms with E-state index in [1.54, 1.807) is 0 Å². The molecule has 0 radical (unpaired) electrons. The van der Waals surface area contributed by atoms with Gasteiger partial charge in [-0.2, -0.15) is 0 Å². The van der Waals surface area contributed by atoms with Crippen molar-refractivity contribution in [3.63, 3.8) is 0 Å². The summed E-state index contributed by atoms with van der Waals surface area (Å²) in [6, 6.07) is 42.9. The number of benzene rings is 5. The summed E-state index contributed by atoms with van der Waals surface area (Å²) in [6.45, 7) is 6.36. The summed E-state index contributed by atoms with van der Waals surface area (Å²) in [6.07, 6.45) is 0. The van der Waals surface area contributed by atoms with E-state index in [2.05, 4.69) is 85.4 Å². The lowest BCUT2D eigenvalue weighted by molar-refractivity contribution is 1.06. The first-order valence-corrected chi connectivity index (χ1v) is 13.1. The predicted octanol–water partition coefficient (Wildman–Crippen LogP) is 9.08. The van der Waals surface area contributed by atoms with Crippen molar-refractivity contribution in [1.82, 2.24) is 0 Å². The third-order valence-corrected chi connectivity index (χ3v) is 6.64. The normalized spacial score (nSPS) is 11.8. The number of aliphatic imine (C=N–C) groups is 3. The van der Waals surface area contributed by atoms with E-state index < -0.39 is 0 Å². The van der Waals surface area contributed by atoms with Crippen LogP contribution >= 0.6 is 11.6 Å². The molecule has 190 valence electrons. The zero-order valence-electron chi connectivity index (χ0n) is 21.8. The minimum atomic E-state index is 0.507. The van der Waals surface area contributed by atoms with E-state index in [0.29, 0.717) is 18.2 Å². The molecule has 0 saturated carbocycles. The molecule has 3 nitrogen and oxygen atoms in total. The van der Waals surface area contributed by atoms with Gasteiger partial charge in [-0.05, 0) is 65.7 Å². The lowest BCUT2D eigenvalue weighted by Gasteiger charge is -2.10. The Morgan fingerprint density at radius 2 is 1.21 bits per heavy atom. The van der Waals surface area contributed by atoms with Crippen LogP contribution in [0.15, 0.2) is 142 Å². The van der Waals surface area contributed by atoms with Crippen LogP contribution in [0.4, 0.5) is 0 Å². The van der Waals surface area contributed by atoms with Crippen LogP contribution in [0.2, 0.25) is 5.02 Å². The summed E-state index contributed by atoms with van der Waals surface area (Å²) in [5, 5.41) is 0.720. The minimum Gasteiger partial charge on any atom is -0.261 e. The second kappa shape index (κ2) is 12.3. The lowest BCUT2D eigenvalue weighted by atomic mass is 9.98. The molecule has 0 heterocycles. The van der Waals surface area contributed by atoms with Crippen molar-refractivity contribution in [1.29, 1.82) is 0 Å². The molecule has 0 atom stereocenters. The highest BCUT2D eigenvalue weighted by Crippen LogP contribution is 2.28. The van der Waals surface area contributed by atoms with Gasteiger partial charge in [-0.15, -0.1) is 0 Å². The van der Waals surface area contributed by atoms with Gasteiger partial charge in [0.1, 0.15) is 0 Å². The predicted molar refractivity (Wildman–Crippen MR) is 166 cm³/mol. The fraction of sp³-hybridized carbons (Fsp3) is 0.0571. The summed E-state index contributed by atoms with van der Waals surface area (Å²) in [4.78, 5) is 14.1. The SMILES string of the molecule is C=NC(=NC(=NCc1ccc(C)cc1)c1cccc(-c2cccc(-c3cccc(Cl)c3)c2)c1)c1ccccc1. The molecule has 0 aromatic heterocycles. The Bertz CT molecular complexity index is 1650. The molecule has 0 N–H and O–H groups in total. The van der Waals surface area contributed by atoms with Crippen molar-refractivity contribution < 1.29 is 0 Å². The monoisotopic (exact) mass is 525 g/mol. The van der Waals surface area contributed by atoms with Crippen molar-refractivity contribution in [3.8, 4) is 22.3 Å². The largest absolute Gasteiger partial charge is 0.261 e. The van der Waals surface area contributed by atoms with Gasteiger partial charge in [0.2, 0.25) is 0 Å². The highest BCUT2D eigenvalue weighted by atomic mass is 35.5. The molecule has 0 aliphatic heterocycles. The van der Waals surface area contributed by atoms with Crippen LogP contribution < -0.4 is 0 Å². The van der Waals surface area contributed by atoms with Crippen LogP contribution in [0.1, 0.15) is 22.3 Å². The number of hydrogen-bond acceptors (Lipinski definition) is 1. The summed E-state index contributed by atoms with van der Waals surface area (Å²) in [5.74, 6) is 1.14. The first-order chi connectivity index (χ1) is 19.1. The standard InChI is InChI=1S/C35H28ClN3/c1-25-17-19-26(20-18-25)24-38-35(39-34(37-2)27-9-4-3-5-10-27)32-15-7-13-30(22-32)28-11-6-12-29(21-28)31-14-8-16-33(36)23-31/h3-23H,2,24H2,1H3. The van der Waals surface area contributed by atoms with Gasteiger partial charge in [0.05, 0.1) is 6.54 Å². The Kier molecular flexibility index (Phi) is 8.20. The molecule has 0 spiro atoms. The number of hydrogen-bond donors (Lipinski definition) is 0. The fourth-order valence-corrected chi connectivity index (χ4v) is 4.50. The first kappa shape index (κ1) is 26.0. The molecule has 0 fully saturated rings. The number of amidine groups is 2. The van der Waals surface area contributed by atoms with E-state index in [1.165, 1.54) is 5.56 Å². The smallest absolute Gasteiger partial charge is 0.161 e. The zero-order valence-corrected chi connectivity index (χ0v) is 22.5. The molecule has 39 heavy (non-hydrogen) atoms. The molecule has 0 amide bonds. The number of nitrogens with zero attached hydrogens (tertiary/aromatic N) is 3. The van der Waals surface area contributed by atoms with E-state index in [4.69, 9.17) is 21.6 Å². The van der Waals surface area contributed by atoms with E-state index in [1.807, 2.05) is 60.7 Å². The van der Waals surface area contributed by atoms with E-state index in [0.717, 1.165) is 44.0 Å². The van der Waals surface area contributed by atoms with Crippen LogP contribution in [-0.2, 0) is 6.54 Å². The average molecular weight is 526 g/mol. The molecule has 0 bridgehead atoms. The van der Waals surface area contributed by atoms with Crippen molar-refractivity contribution in [2.24, 2.45) is 15.0 Å². The molecule has 0 aliphatic rings. The molecule has 5 rings (SSSR count). The Hall–Kier alpha value is -4.60. The van der Waals surface area contributed by atoms with Crippen LogP contribution in [0.5, 0.6) is 0 Å². The van der Waals surface area contributed by atoms with Gasteiger partial charge in [-0.25, -0.2) is 9.98 Å². The van der Waals surface area contributed by atoms with Crippen LogP contribution in [0, 0.1) is 6.92 Å². The van der Waals surface area contributed by atoms with E-state index in [-0.39, 0.29) is 0 Å². The minimum absolute atomic E-state index is 0.507. The maximum Gasteiger partial charge on any atom is 0.161 e. The number of aryl methyl sites for hydroxylation is 1. The second-order valence-corrected chi connectivity index (χ2v) is 9.69. The maximum atomic E-state index is 6.25. The summed E-state index contributed by atoms with van der Waals surface area (Å²) in [7, 11) is 0.